The van der Waals surface area contributed by atoms with E-state index >= 15 is 0 Å². The summed E-state index contributed by atoms with van der Waals surface area (Å²) in [6.45, 7) is 6.10. The number of furan rings is 1. The lowest BCUT2D eigenvalue weighted by molar-refractivity contribution is -0.130. The predicted octanol–water partition coefficient (Wildman–Crippen LogP) is 1.54. The molecule has 0 saturated carbocycles. The molecule has 5 nitrogen and oxygen atoms in total. The fraction of sp³-hybridized carbons (Fsp3) is 0.538. The van der Waals surface area contributed by atoms with E-state index in [2.05, 4.69) is 5.32 Å². The quantitative estimate of drug-likeness (QED) is 0.835. The number of hydrogen-bond acceptors (Lipinski definition) is 3. The Morgan fingerprint density at radius 1 is 1.44 bits per heavy atom. The van der Waals surface area contributed by atoms with Crippen LogP contribution in [0, 0.1) is 0 Å². The first-order valence-electron chi connectivity index (χ1n) is 6.06. The van der Waals surface area contributed by atoms with Gasteiger partial charge in [0.1, 0.15) is 5.76 Å². The van der Waals surface area contributed by atoms with Crippen molar-refractivity contribution in [1.29, 1.82) is 0 Å². The summed E-state index contributed by atoms with van der Waals surface area (Å²) in [6, 6.07) is 3.71. The zero-order chi connectivity index (χ0) is 13.5. The first-order chi connectivity index (χ1) is 8.49. The maximum Gasteiger partial charge on any atom is 0.221 e. The Hall–Kier alpha value is -1.78. The molecule has 1 aromatic rings. The van der Waals surface area contributed by atoms with Crippen LogP contribution in [0.15, 0.2) is 22.8 Å². The second kappa shape index (κ2) is 6.83. The molecule has 0 radical (unpaired) electrons. The van der Waals surface area contributed by atoms with Crippen LogP contribution in [0.4, 0.5) is 0 Å². The van der Waals surface area contributed by atoms with Gasteiger partial charge in [0, 0.05) is 25.9 Å². The van der Waals surface area contributed by atoms with E-state index in [-0.39, 0.29) is 17.9 Å². The molecule has 1 aromatic heterocycles. The predicted molar refractivity (Wildman–Crippen MR) is 67.7 cm³/mol. The molecule has 0 fully saturated rings. The number of hydrogen-bond donors (Lipinski definition) is 1. The normalized spacial score (nSPS) is 10.4. The fourth-order valence-corrected chi connectivity index (χ4v) is 1.57. The van der Waals surface area contributed by atoms with Crippen molar-refractivity contribution >= 4 is 11.8 Å². The van der Waals surface area contributed by atoms with Crippen molar-refractivity contribution in [2.24, 2.45) is 0 Å². The Morgan fingerprint density at radius 3 is 2.67 bits per heavy atom. The standard InChI is InChI=1S/C13H20N2O3/c1-10(2)14-13(17)6-7-15(11(3)16)9-12-5-4-8-18-12/h4-5,8,10H,6-7,9H2,1-3H3,(H,14,17). The van der Waals surface area contributed by atoms with E-state index in [0.717, 1.165) is 5.76 Å². The molecule has 1 heterocycles. The number of amides is 2. The van der Waals surface area contributed by atoms with Crippen LogP contribution in [0.3, 0.4) is 0 Å². The highest BCUT2D eigenvalue weighted by molar-refractivity contribution is 5.78. The topological polar surface area (TPSA) is 62.6 Å². The first kappa shape index (κ1) is 14.3. The molecule has 0 atom stereocenters. The van der Waals surface area contributed by atoms with Gasteiger partial charge in [-0.2, -0.15) is 0 Å². The Balaban J connectivity index is 2.44. The van der Waals surface area contributed by atoms with Crippen LogP contribution in [0.25, 0.3) is 0 Å². The molecular weight excluding hydrogens is 232 g/mol. The van der Waals surface area contributed by atoms with Gasteiger partial charge in [0.15, 0.2) is 0 Å². The van der Waals surface area contributed by atoms with E-state index in [9.17, 15) is 9.59 Å². The van der Waals surface area contributed by atoms with Crippen molar-refractivity contribution in [1.82, 2.24) is 10.2 Å². The minimum Gasteiger partial charge on any atom is -0.467 e. The molecule has 0 spiro atoms. The lowest BCUT2D eigenvalue weighted by atomic mass is 10.3. The SMILES string of the molecule is CC(=O)N(CCC(=O)NC(C)C)Cc1ccco1. The average molecular weight is 252 g/mol. The molecular formula is C13H20N2O3. The number of nitrogens with zero attached hydrogens (tertiary/aromatic N) is 1. The summed E-state index contributed by atoms with van der Waals surface area (Å²) in [7, 11) is 0. The zero-order valence-corrected chi connectivity index (χ0v) is 11.1. The molecule has 5 heteroatoms. The number of nitrogens with one attached hydrogen (secondary N) is 1. The average Bonchev–Trinajstić information content (AvgIpc) is 2.75. The molecule has 0 bridgehead atoms. The number of carbonyl (C=O) groups excluding carboxylic acids is 2. The van der Waals surface area contributed by atoms with Gasteiger partial charge in [0.2, 0.25) is 11.8 Å². The van der Waals surface area contributed by atoms with Crippen LogP contribution < -0.4 is 5.32 Å². The minimum absolute atomic E-state index is 0.0457. The van der Waals surface area contributed by atoms with Crippen LogP contribution >= 0.6 is 0 Å². The van der Waals surface area contributed by atoms with Gasteiger partial charge in [-0.1, -0.05) is 0 Å². The van der Waals surface area contributed by atoms with E-state index in [1.165, 1.54) is 6.92 Å². The van der Waals surface area contributed by atoms with Gasteiger partial charge in [-0.05, 0) is 26.0 Å². The molecule has 100 valence electrons. The summed E-state index contributed by atoms with van der Waals surface area (Å²) in [5.41, 5.74) is 0. The molecule has 0 aliphatic carbocycles. The van der Waals surface area contributed by atoms with Crippen LogP contribution in [0.2, 0.25) is 0 Å². The third-order valence-corrected chi connectivity index (χ3v) is 2.43. The molecule has 0 aliphatic rings. The minimum atomic E-state index is -0.0660. The lowest BCUT2D eigenvalue weighted by Gasteiger charge is -2.19. The Morgan fingerprint density at radius 2 is 2.17 bits per heavy atom. The Labute approximate surface area is 107 Å². The molecule has 1 rings (SSSR count). The summed E-state index contributed by atoms with van der Waals surface area (Å²) < 4.78 is 5.19. The van der Waals surface area contributed by atoms with Gasteiger partial charge in [0.25, 0.3) is 0 Å². The molecule has 1 N–H and O–H groups in total. The molecule has 18 heavy (non-hydrogen) atoms. The molecule has 2 amide bonds. The molecule has 0 aromatic carbocycles. The van der Waals surface area contributed by atoms with Crippen LogP contribution in [-0.4, -0.2) is 29.3 Å². The van der Waals surface area contributed by atoms with E-state index in [0.29, 0.717) is 19.5 Å². The van der Waals surface area contributed by atoms with Gasteiger partial charge in [-0.15, -0.1) is 0 Å². The van der Waals surface area contributed by atoms with E-state index in [1.54, 1.807) is 17.2 Å². The summed E-state index contributed by atoms with van der Waals surface area (Å²) in [4.78, 5) is 24.6. The highest BCUT2D eigenvalue weighted by Crippen LogP contribution is 2.06. The maximum absolute atomic E-state index is 11.5. The van der Waals surface area contributed by atoms with Gasteiger partial charge in [0.05, 0.1) is 12.8 Å². The van der Waals surface area contributed by atoms with Gasteiger partial charge in [-0.25, -0.2) is 0 Å². The van der Waals surface area contributed by atoms with Gasteiger partial charge in [-0.3, -0.25) is 9.59 Å². The van der Waals surface area contributed by atoms with Crippen molar-refractivity contribution in [2.75, 3.05) is 6.54 Å². The highest BCUT2D eigenvalue weighted by atomic mass is 16.3. The van der Waals surface area contributed by atoms with Gasteiger partial charge < -0.3 is 14.6 Å². The van der Waals surface area contributed by atoms with Crippen molar-refractivity contribution < 1.29 is 14.0 Å². The third-order valence-electron chi connectivity index (χ3n) is 2.43. The van der Waals surface area contributed by atoms with Crippen LogP contribution in [0.1, 0.15) is 33.0 Å². The van der Waals surface area contributed by atoms with Crippen LogP contribution in [-0.2, 0) is 16.1 Å². The van der Waals surface area contributed by atoms with Crippen molar-refractivity contribution in [3.05, 3.63) is 24.2 Å². The maximum atomic E-state index is 11.5. The summed E-state index contributed by atoms with van der Waals surface area (Å²) in [6.07, 6.45) is 1.87. The van der Waals surface area contributed by atoms with Crippen molar-refractivity contribution in [3.8, 4) is 0 Å². The smallest absolute Gasteiger partial charge is 0.221 e. The number of carbonyl (C=O) groups is 2. The monoisotopic (exact) mass is 252 g/mol. The van der Waals surface area contributed by atoms with E-state index < -0.39 is 0 Å². The van der Waals surface area contributed by atoms with Gasteiger partial charge >= 0.3 is 0 Å². The molecule has 0 aliphatic heterocycles. The van der Waals surface area contributed by atoms with E-state index in [1.807, 2.05) is 19.9 Å². The largest absolute Gasteiger partial charge is 0.467 e. The fourth-order valence-electron chi connectivity index (χ4n) is 1.57. The lowest BCUT2D eigenvalue weighted by Crippen LogP contribution is -2.35. The third kappa shape index (κ3) is 5.03. The number of rotatable bonds is 6. The Bertz CT molecular complexity index is 385. The molecule has 0 unspecified atom stereocenters. The summed E-state index contributed by atoms with van der Waals surface area (Å²) >= 11 is 0. The summed E-state index contributed by atoms with van der Waals surface area (Å²) in [5, 5.41) is 2.80. The van der Waals surface area contributed by atoms with Crippen molar-refractivity contribution in [2.45, 2.75) is 39.8 Å². The zero-order valence-electron chi connectivity index (χ0n) is 11.1. The summed E-state index contributed by atoms with van der Waals surface area (Å²) in [5.74, 6) is 0.605. The molecule has 0 saturated heterocycles. The second-order valence-electron chi connectivity index (χ2n) is 4.49. The second-order valence-corrected chi connectivity index (χ2v) is 4.49. The van der Waals surface area contributed by atoms with Crippen LogP contribution in [0.5, 0.6) is 0 Å². The van der Waals surface area contributed by atoms with Crippen molar-refractivity contribution in [3.63, 3.8) is 0 Å². The highest BCUT2D eigenvalue weighted by Gasteiger charge is 2.13. The Kier molecular flexibility index (Phi) is 5.42. The first-order valence-corrected chi connectivity index (χ1v) is 6.06. The van der Waals surface area contributed by atoms with E-state index in [4.69, 9.17) is 4.42 Å².